The first kappa shape index (κ1) is 15.5. The summed E-state index contributed by atoms with van der Waals surface area (Å²) < 4.78 is 0. The zero-order valence-electron chi connectivity index (χ0n) is 10.8. The van der Waals surface area contributed by atoms with Crippen molar-refractivity contribution in [3.8, 4) is 0 Å². The lowest BCUT2D eigenvalue weighted by Gasteiger charge is -2.12. The van der Waals surface area contributed by atoms with Gasteiger partial charge < -0.3 is 11.1 Å². The van der Waals surface area contributed by atoms with Gasteiger partial charge in [0.15, 0.2) is 0 Å². The van der Waals surface area contributed by atoms with E-state index < -0.39 is 0 Å². The highest BCUT2D eigenvalue weighted by Gasteiger charge is 2.28. The van der Waals surface area contributed by atoms with Crippen molar-refractivity contribution < 1.29 is 4.79 Å². The molecule has 3 N–H and O–H groups in total. The van der Waals surface area contributed by atoms with E-state index in [9.17, 15) is 4.79 Å². The predicted molar refractivity (Wildman–Crippen MR) is 78.7 cm³/mol. The zero-order chi connectivity index (χ0) is 12.4. The van der Waals surface area contributed by atoms with Crippen LogP contribution in [-0.2, 0) is 0 Å². The molecule has 0 bridgehead atoms. The van der Waals surface area contributed by atoms with E-state index in [0.29, 0.717) is 18.4 Å². The van der Waals surface area contributed by atoms with Gasteiger partial charge in [-0.1, -0.05) is 13.8 Å². The van der Waals surface area contributed by atoms with Crippen LogP contribution in [0.4, 0.5) is 0 Å². The average Bonchev–Trinajstić information content (AvgIpc) is 3.02. The average molecular weight is 289 g/mol. The maximum Gasteiger partial charge on any atom is 0.261 e. The highest BCUT2D eigenvalue weighted by molar-refractivity contribution is 7.12. The minimum Gasteiger partial charge on any atom is -0.350 e. The molecule has 2 rings (SSSR count). The Bertz CT molecular complexity index is 401. The standard InChI is InChI=1S/C13H20N2OS.ClH/c1-8(2)10-5-6-17-12(10)13(16)15-7-11(14)9-3-4-9;/h5-6,8-9,11H,3-4,7,14H2,1-2H3,(H,15,16);1H. The fraction of sp³-hybridized carbons (Fsp3) is 0.615. The molecular weight excluding hydrogens is 268 g/mol. The first-order valence-corrected chi connectivity index (χ1v) is 7.08. The molecule has 1 saturated carbocycles. The fourth-order valence-electron chi connectivity index (χ4n) is 1.94. The van der Waals surface area contributed by atoms with Crippen LogP contribution in [0.1, 0.15) is 47.8 Å². The Morgan fingerprint density at radius 3 is 2.78 bits per heavy atom. The Labute approximate surface area is 119 Å². The number of hydrogen-bond donors (Lipinski definition) is 2. The van der Waals surface area contributed by atoms with Gasteiger partial charge in [0.25, 0.3) is 5.91 Å². The second kappa shape index (κ2) is 6.55. The van der Waals surface area contributed by atoms with E-state index >= 15 is 0 Å². The van der Waals surface area contributed by atoms with E-state index in [1.54, 1.807) is 0 Å². The van der Waals surface area contributed by atoms with Gasteiger partial charge in [-0.25, -0.2) is 0 Å². The Hall–Kier alpha value is -0.580. The van der Waals surface area contributed by atoms with Crippen LogP contribution in [-0.4, -0.2) is 18.5 Å². The lowest BCUT2D eigenvalue weighted by molar-refractivity contribution is 0.0953. The highest BCUT2D eigenvalue weighted by atomic mass is 35.5. The Morgan fingerprint density at radius 1 is 1.56 bits per heavy atom. The molecule has 5 heteroatoms. The number of rotatable bonds is 5. The molecule has 102 valence electrons. The van der Waals surface area contributed by atoms with E-state index in [1.165, 1.54) is 24.2 Å². The largest absolute Gasteiger partial charge is 0.350 e. The summed E-state index contributed by atoms with van der Waals surface area (Å²) in [4.78, 5) is 12.9. The molecule has 18 heavy (non-hydrogen) atoms. The summed E-state index contributed by atoms with van der Waals surface area (Å²) in [5, 5.41) is 4.93. The van der Waals surface area contributed by atoms with Gasteiger partial charge in [0, 0.05) is 12.6 Å². The van der Waals surface area contributed by atoms with Gasteiger partial charge in [-0.05, 0) is 41.7 Å². The van der Waals surface area contributed by atoms with E-state index in [1.807, 2.05) is 11.4 Å². The molecule has 1 heterocycles. The summed E-state index contributed by atoms with van der Waals surface area (Å²) in [6.07, 6.45) is 2.43. The molecule has 1 aromatic heterocycles. The van der Waals surface area contributed by atoms with Crippen molar-refractivity contribution in [1.29, 1.82) is 0 Å². The number of carbonyl (C=O) groups excluding carboxylic acids is 1. The van der Waals surface area contributed by atoms with Gasteiger partial charge in [0.2, 0.25) is 0 Å². The van der Waals surface area contributed by atoms with Gasteiger partial charge in [0.05, 0.1) is 4.88 Å². The van der Waals surface area contributed by atoms with Crippen molar-refractivity contribution in [2.45, 2.75) is 38.6 Å². The maximum absolute atomic E-state index is 12.0. The second-order valence-corrected chi connectivity index (χ2v) is 5.99. The predicted octanol–water partition coefficient (Wildman–Crippen LogP) is 2.76. The summed E-state index contributed by atoms with van der Waals surface area (Å²) in [7, 11) is 0. The van der Waals surface area contributed by atoms with Crippen molar-refractivity contribution in [3.05, 3.63) is 21.9 Å². The summed E-state index contributed by atoms with van der Waals surface area (Å²) in [5.41, 5.74) is 7.10. The third-order valence-electron chi connectivity index (χ3n) is 3.25. The van der Waals surface area contributed by atoms with Crippen LogP contribution in [0.5, 0.6) is 0 Å². The first-order valence-electron chi connectivity index (χ1n) is 6.20. The van der Waals surface area contributed by atoms with Crippen LogP contribution >= 0.6 is 23.7 Å². The van der Waals surface area contributed by atoms with E-state index in [2.05, 4.69) is 19.2 Å². The van der Waals surface area contributed by atoms with Gasteiger partial charge in [0.1, 0.15) is 0 Å². The molecule has 0 spiro atoms. The van der Waals surface area contributed by atoms with E-state index in [4.69, 9.17) is 5.73 Å². The number of thiophene rings is 1. The van der Waals surface area contributed by atoms with Gasteiger partial charge in [-0.2, -0.15) is 0 Å². The van der Waals surface area contributed by atoms with Crippen molar-refractivity contribution in [3.63, 3.8) is 0 Å². The second-order valence-electron chi connectivity index (χ2n) is 5.07. The summed E-state index contributed by atoms with van der Waals surface area (Å²) in [6.45, 7) is 4.81. The normalized spacial score (nSPS) is 16.2. The highest BCUT2D eigenvalue weighted by Crippen LogP contribution is 2.31. The van der Waals surface area contributed by atoms with E-state index in [0.717, 1.165) is 10.4 Å². The Kier molecular flexibility index (Phi) is 5.63. The summed E-state index contributed by atoms with van der Waals surface area (Å²) in [5.74, 6) is 1.04. The Morgan fingerprint density at radius 2 is 2.22 bits per heavy atom. The molecule has 1 atom stereocenters. The molecule has 0 aliphatic heterocycles. The van der Waals surface area contributed by atoms with Crippen molar-refractivity contribution >= 4 is 29.7 Å². The van der Waals surface area contributed by atoms with Crippen LogP contribution in [0.2, 0.25) is 0 Å². The molecular formula is C13H21ClN2OS. The third kappa shape index (κ3) is 3.70. The number of halogens is 1. The van der Waals surface area contributed by atoms with Crippen molar-refractivity contribution in [2.75, 3.05) is 6.54 Å². The molecule has 0 saturated heterocycles. The SMILES string of the molecule is CC(C)c1ccsc1C(=O)NCC(N)C1CC1.Cl. The lowest BCUT2D eigenvalue weighted by Crippen LogP contribution is -2.38. The minimum absolute atomic E-state index is 0. The molecule has 3 nitrogen and oxygen atoms in total. The fourth-order valence-corrected chi connectivity index (χ4v) is 2.91. The van der Waals surface area contributed by atoms with Crippen LogP contribution < -0.4 is 11.1 Å². The number of nitrogens with one attached hydrogen (secondary N) is 1. The first-order chi connectivity index (χ1) is 8.09. The Balaban J connectivity index is 0.00000162. The van der Waals surface area contributed by atoms with Crippen molar-refractivity contribution in [2.24, 2.45) is 11.7 Å². The van der Waals surface area contributed by atoms with Gasteiger partial charge in [-0.3, -0.25) is 4.79 Å². The van der Waals surface area contributed by atoms with Crippen LogP contribution in [0, 0.1) is 5.92 Å². The summed E-state index contributed by atoms with van der Waals surface area (Å²) in [6, 6.07) is 2.16. The maximum atomic E-state index is 12.0. The smallest absolute Gasteiger partial charge is 0.261 e. The monoisotopic (exact) mass is 288 g/mol. The summed E-state index contributed by atoms with van der Waals surface area (Å²) >= 11 is 1.51. The number of hydrogen-bond acceptors (Lipinski definition) is 3. The third-order valence-corrected chi connectivity index (χ3v) is 4.18. The molecule has 1 amide bonds. The quantitative estimate of drug-likeness (QED) is 0.875. The van der Waals surface area contributed by atoms with Gasteiger partial charge in [-0.15, -0.1) is 23.7 Å². The van der Waals surface area contributed by atoms with Gasteiger partial charge >= 0.3 is 0 Å². The zero-order valence-corrected chi connectivity index (χ0v) is 12.4. The van der Waals surface area contributed by atoms with Crippen LogP contribution in [0.15, 0.2) is 11.4 Å². The molecule has 1 unspecified atom stereocenters. The van der Waals surface area contributed by atoms with Crippen molar-refractivity contribution in [1.82, 2.24) is 5.32 Å². The molecule has 1 aliphatic carbocycles. The van der Waals surface area contributed by atoms with Crippen LogP contribution in [0.25, 0.3) is 0 Å². The number of carbonyl (C=O) groups is 1. The molecule has 1 fully saturated rings. The topological polar surface area (TPSA) is 55.1 Å². The van der Waals surface area contributed by atoms with Crippen LogP contribution in [0.3, 0.4) is 0 Å². The molecule has 0 aromatic carbocycles. The molecule has 0 radical (unpaired) electrons. The lowest BCUT2D eigenvalue weighted by atomic mass is 10.0. The minimum atomic E-state index is 0. The van der Waals surface area contributed by atoms with E-state index in [-0.39, 0.29) is 24.4 Å². The molecule has 1 aliphatic rings. The molecule has 1 aromatic rings. The number of nitrogens with two attached hydrogens (primary N) is 1. The number of amides is 1.